The molecule has 0 heterocycles. The van der Waals surface area contributed by atoms with Gasteiger partial charge in [0.1, 0.15) is 23.0 Å². The predicted molar refractivity (Wildman–Crippen MR) is 28.3 cm³/mol. The van der Waals surface area contributed by atoms with Gasteiger partial charge in [-0.1, -0.05) is 0 Å². The molecule has 7 heavy (non-hydrogen) atoms. The van der Waals surface area contributed by atoms with Gasteiger partial charge in [-0.05, 0) is 4.94 Å². The Morgan fingerprint density at radius 1 is 1.71 bits per heavy atom. The average Bonchev–Trinajstić information content (AvgIpc) is 1.68. The lowest BCUT2D eigenvalue weighted by molar-refractivity contribution is 0.398. The third-order valence-electron chi connectivity index (χ3n) is 0.177. The summed E-state index contributed by atoms with van der Waals surface area (Å²) in [6, 6.07) is 0. The molecule has 0 fully saturated rings. The van der Waals surface area contributed by atoms with E-state index < -0.39 is 10.3 Å². The molecule has 0 saturated heterocycles. The molecule has 0 bridgehead atoms. The van der Waals surface area contributed by atoms with Crippen LogP contribution in [0.4, 0.5) is 4.48 Å². The summed E-state index contributed by atoms with van der Waals surface area (Å²) in [5.41, 5.74) is 0. The number of hydrogen-bond acceptors (Lipinski definition) is 3. The van der Waals surface area contributed by atoms with E-state index in [1.54, 1.807) is 0 Å². The summed E-state index contributed by atoms with van der Waals surface area (Å²) < 4.78 is 33.7. The Balaban J connectivity index is 3.89. The van der Waals surface area contributed by atoms with Crippen molar-refractivity contribution in [2.45, 2.75) is 0 Å². The minimum absolute atomic E-state index is 0.433. The topological polar surface area (TPSA) is 55.4 Å². The van der Waals surface area contributed by atoms with Gasteiger partial charge in [-0.3, -0.25) is 0 Å². The van der Waals surface area contributed by atoms with Gasteiger partial charge < -0.3 is 0 Å². The molecule has 0 amide bonds. The van der Waals surface area contributed by atoms with Crippen LogP contribution in [0.2, 0.25) is 0 Å². The maximum absolute atomic E-state index is 10.8. The maximum Gasteiger partial charge on any atom is 0.371 e. The second kappa shape index (κ2) is 2.74. The summed E-state index contributed by atoms with van der Waals surface area (Å²) in [5, 5.41) is 0. The van der Waals surface area contributed by atoms with Crippen LogP contribution in [0.5, 0.6) is 0 Å². The summed E-state index contributed by atoms with van der Waals surface area (Å²) in [6.45, 7) is 0. The standard InChI is InChI=1S/FHINO3S/c1-3-7(4,5)6-2/h3H. The maximum atomic E-state index is 10.8. The highest BCUT2D eigenvalue weighted by atomic mass is 127. The third-order valence-corrected chi connectivity index (χ3v) is 1.95. The summed E-state index contributed by atoms with van der Waals surface area (Å²) in [7, 11) is -4.09. The van der Waals surface area contributed by atoms with Gasteiger partial charge >= 0.3 is 10.3 Å². The normalized spacial score (nSPS) is 11.7. The molecule has 0 spiro atoms. The second-order valence-electron chi connectivity index (χ2n) is 0.594. The Bertz CT molecular complexity index is 118. The van der Waals surface area contributed by atoms with Gasteiger partial charge in [0.25, 0.3) is 0 Å². The Morgan fingerprint density at radius 3 is 2.14 bits per heavy atom. The number of rotatable bonds is 2. The van der Waals surface area contributed by atoms with Gasteiger partial charge in [-0.2, -0.15) is 10.9 Å². The van der Waals surface area contributed by atoms with Crippen molar-refractivity contribution in [1.29, 1.82) is 0 Å². The molecule has 0 unspecified atom stereocenters. The van der Waals surface area contributed by atoms with Crippen LogP contribution in [0.15, 0.2) is 0 Å². The molecule has 0 radical (unpaired) electrons. The number of hydrogen-bond donors (Lipinski definition) is 1. The summed E-state index contributed by atoms with van der Waals surface area (Å²) in [6.07, 6.45) is 0. The van der Waals surface area contributed by atoms with E-state index in [0.29, 0.717) is 4.94 Å². The molecule has 0 aliphatic rings. The van der Waals surface area contributed by atoms with E-state index in [-0.39, 0.29) is 0 Å². The minimum atomic E-state index is -4.09. The van der Waals surface area contributed by atoms with Crippen molar-refractivity contribution in [3.05, 3.63) is 0 Å². The van der Waals surface area contributed by atoms with Crippen LogP contribution in [-0.4, -0.2) is 8.42 Å². The highest BCUT2D eigenvalue weighted by molar-refractivity contribution is 14.1. The molecular formula is HFINO3S. The van der Waals surface area contributed by atoms with E-state index in [1.807, 2.05) is 0 Å². The molecule has 0 aliphatic carbocycles. The zero-order valence-electron chi connectivity index (χ0n) is 2.89. The molecule has 0 aromatic carbocycles. The first-order valence-corrected chi connectivity index (χ1v) is 3.34. The predicted octanol–water partition coefficient (Wildman–Crippen LogP) is 0.0719. The lowest BCUT2D eigenvalue weighted by Gasteiger charge is -1.86. The van der Waals surface area contributed by atoms with Gasteiger partial charge in [0.2, 0.25) is 0 Å². The highest BCUT2D eigenvalue weighted by Gasteiger charge is 2.04. The van der Waals surface area contributed by atoms with E-state index >= 15 is 0 Å². The van der Waals surface area contributed by atoms with E-state index in [1.165, 1.54) is 0 Å². The summed E-state index contributed by atoms with van der Waals surface area (Å²) in [4.78, 5) is 0.433. The van der Waals surface area contributed by atoms with Crippen LogP contribution in [-0.2, 0) is 12.8 Å². The fourth-order valence-corrected chi connectivity index (χ4v) is 0.240. The van der Waals surface area contributed by atoms with Crippen LogP contribution in [0, 0.1) is 0 Å². The molecule has 0 rings (SSSR count). The summed E-state index contributed by atoms with van der Waals surface area (Å²) in [5.74, 6) is 0. The molecule has 0 aromatic heterocycles. The third kappa shape index (κ3) is 3.14. The fourth-order valence-electron chi connectivity index (χ4n) is 0.0119. The quantitative estimate of drug-likeness (QED) is 0.549. The number of nitrogens with one attached hydrogen (secondary N) is 1. The Morgan fingerprint density at radius 2 is 2.14 bits per heavy atom. The van der Waals surface area contributed by atoms with Crippen molar-refractivity contribution >= 4 is 33.3 Å². The van der Waals surface area contributed by atoms with Crippen LogP contribution in [0.1, 0.15) is 0 Å². The smallest absolute Gasteiger partial charge is 0.185 e. The first-order chi connectivity index (χ1) is 3.12. The van der Waals surface area contributed by atoms with Gasteiger partial charge in [-0.25, -0.2) is 0 Å². The van der Waals surface area contributed by atoms with Crippen molar-refractivity contribution in [3.63, 3.8) is 0 Å². The van der Waals surface area contributed by atoms with Crippen LogP contribution >= 0.6 is 23.0 Å². The van der Waals surface area contributed by atoms with E-state index in [4.69, 9.17) is 0 Å². The molecular weight excluding hydrogens is 240 g/mol. The highest BCUT2D eigenvalue weighted by Crippen LogP contribution is 1.93. The van der Waals surface area contributed by atoms with Gasteiger partial charge in [0, 0.05) is 0 Å². The van der Waals surface area contributed by atoms with E-state index in [2.05, 4.69) is 2.51 Å². The number of halogens is 2. The largest absolute Gasteiger partial charge is 0.371 e. The Kier molecular flexibility index (Phi) is 2.95. The SMILES string of the molecule is O=S(=O)(NF)OI. The molecule has 4 nitrogen and oxygen atoms in total. The Labute approximate surface area is 53.9 Å². The van der Waals surface area contributed by atoms with Gasteiger partial charge in [0.05, 0.1) is 0 Å². The molecule has 0 atom stereocenters. The minimum Gasteiger partial charge on any atom is -0.185 e. The molecule has 0 aromatic rings. The van der Waals surface area contributed by atoms with E-state index in [9.17, 15) is 12.9 Å². The monoisotopic (exact) mass is 241 g/mol. The van der Waals surface area contributed by atoms with Gasteiger partial charge in [-0.15, -0.1) is 4.48 Å². The van der Waals surface area contributed by atoms with Crippen molar-refractivity contribution in [2.75, 3.05) is 0 Å². The van der Waals surface area contributed by atoms with Crippen LogP contribution < -0.4 is 4.94 Å². The molecule has 1 N–H and O–H groups in total. The Hall–Kier alpha value is 0.530. The lowest BCUT2D eigenvalue weighted by Crippen LogP contribution is -2.12. The van der Waals surface area contributed by atoms with Crippen molar-refractivity contribution in [3.8, 4) is 0 Å². The van der Waals surface area contributed by atoms with E-state index in [0.717, 1.165) is 23.0 Å². The first kappa shape index (κ1) is 7.53. The first-order valence-electron chi connectivity index (χ1n) is 1.05. The zero-order valence-corrected chi connectivity index (χ0v) is 5.86. The summed E-state index contributed by atoms with van der Waals surface area (Å²) >= 11 is 1.04. The lowest BCUT2D eigenvalue weighted by atomic mass is 13.8. The molecule has 7 heteroatoms. The van der Waals surface area contributed by atoms with Crippen molar-refractivity contribution in [2.24, 2.45) is 0 Å². The van der Waals surface area contributed by atoms with Gasteiger partial charge in [0.15, 0.2) is 0 Å². The molecule has 0 saturated carbocycles. The van der Waals surface area contributed by atoms with Crippen LogP contribution in [0.3, 0.4) is 0 Å². The second-order valence-corrected chi connectivity index (χ2v) is 2.86. The zero-order chi connectivity index (χ0) is 5.91. The van der Waals surface area contributed by atoms with Crippen LogP contribution in [0.25, 0.3) is 0 Å². The average molecular weight is 241 g/mol. The fraction of sp³-hybridized carbons (Fsp3) is 0. The molecule has 44 valence electrons. The van der Waals surface area contributed by atoms with Crippen molar-refractivity contribution in [1.82, 2.24) is 4.94 Å². The van der Waals surface area contributed by atoms with Crippen molar-refractivity contribution < 1.29 is 15.4 Å². The molecule has 0 aliphatic heterocycles.